The number of pyridine rings is 1. The van der Waals surface area contributed by atoms with E-state index in [0.29, 0.717) is 12.5 Å². The number of nitrogens with one attached hydrogen (secondary N) is 1. The molecule has 0 bridgehead atoms. The summed E-state index contributed by atoms with van der Waals surface area (Å²) in [5, 5.41) is 3.19. The van der Waals surface area contributed by atoms with E-state index in [1.54, 1.807) is 6.20 Å². The minimum Gasteiger partial charge on any atom is -0.461 e. The molecule has 0 spiro atoms. The molecule has 0 aromatic carbocycles. The smallest absolute Gasteiger partial charge is 0.322 e. The van der Waals surface area contributed by atoms with Gasteiger partial charge in [-0.3, -0.25) is 4.98 Å². The normalized spacial score (nSPS) is 10.6. The quantitative estimate of drug-likeness (QED) is 0.881. The number of hydrogen-bond donors (Lipinski definition) is 1. The Balaban J connectivity index is 1.93. The van der Waals surface area contributed by atoms with Crippen LogP contribution in [0.3, 0.4) is 0 Å². The minimum atomic E-state index is -0.0187. The monoisotopic (exact) mass is 293 g/mol. The van der Waals surface area contributed by atoms with Crippen LogP contribution in [0.5, 0.6) is 6.01 Å². The molecule has 106 valence electrons. The number of nitrogens with zero attached hydrogens (tertiary/aromatic N) is 4. The van der Waals surface area contributed by atoms with Gasteiger partial charge in [-0.2, -0.15) is 15.0 Å². The molecule has 0 aliphatic heterocycles. The Morgan fingerprint density at radius 1 is 1.25 bits per heavy atom. The van der Waals surface area contributed by atoms with Crippen molar-refractivity contribution in [3.05, 3.63) is 35.4 Å². The van der Waals surface area contributed by atoms with Gasteiger partial charge in [-0.25, -0.2) is 0 Å². The van der Waals surface area contributed by atoms with E-state index in [4.69, 9.17) is 16.3 Å². The zero-order chi connectivity index (χ0) is 14.4. The third-order valence-electron chi connectivity index (χ3n) is 2.32. The predicted molar refractivity (Wildman–Crippen MR) is 77.0 cm³/mol. The Morgan fingerprint density at radius 3 is 2.80 bits per heavy atom. The molecule has 0 fully saturated rings. The molecular weight excluding hydrogens is 278 g/mol. The van der Waals surface area contributed by atoms with Crippen LogP contribution in [0, 0.1) is 0 Å². The summed E-state index contributed by atoms with van der Waals surface area (Å²) in [6.45, 7) is 4.44. The molecule has 2 heterocycles. The van der Waals surface area contributed by atoms with Crippen molar-refractivity contribution in [3.8, 4) is 6.01 Å². The molecule has 0 amide bonds. The highest BCUT2D eigenvalue weighted by molar-refractivity contribution is 6.28. The molecule has 0 unspecified atom stereocenters. The number of hydrogen-bond acceptors (Lipinski definition) is 6. The van der Waals surface area contributed by atoms with Gasteiger partial charge in [0.1, 0.15) is 0 Å². The van der Waals surface area contributed by atoms with E-state index in [0.717, 1.165) is 12.1 Å². The lowest BCUT2D eigenvalue weighted by Gasteiger charge is -2.09. The maximum absolute atomic E-state index is 5.83. The average Bonchev–Trinajstić information content (AvgIpc) is 2.38. The van der Waals surface area contributed by atoms with Crippen molar-refractivity contribution in [1.82, 2.24) is 19.9 Å². The van der Waals surface area contributed by atoms with Gasteiger partial charge in [0.2, 0.25) is 11.2 Å². The fourth-order valence-corrected chi connectivity index (χ4v) is 1.68. The van der Waals surface area contributed by atoms with Crippen LogP contribution >= 0.6 is 11.6 Å². The molecule has 1 N–H and O–H groups in total. The third-order valence-corrected chi connectivity index (χ3v) is 2.49. The van der Waals surface area contributed by atoms with Gasteiger partial charge in [-0.1, -0.05) is 6.07 Å². The topological polar surface area (TPSA) is 72.8 Å². The van der Waals surface area contributed by atoms with Gasteiger partial charge in [0, 0.05) is 24.9 Å². The summed E-state index contributed by atoms with van der Waals surface area (Å²) < 4.78 is 5.40. The van der Waals surface area contributed by atoms with Crippen LogP contribution in [0.15, 0.2) is 24.4 Å². The van der Waals surface area contributed by atoms with Gasteiger partial charge < -0.3 is 10.1 Å². The summed E-state index contributed by atoms with van der Waals surface area (Å²) in [5.41, 5.74) is 0.999. The van der Waals surface area contributed by atoms with E-state index in [2.05, 4.69) is 25.3 Å². The first-order valence-corrected chi connectivity index (χ1v) is 6.73. The highest BCUT2D eigenvalue weighted by Gasteiger charge is 2.07. The SMILES string of the molecule is CC(C)Oc1nc(Cl)nc(NCCc2ccccn2)n1. The summed E-state index contributed by atoms with van der Waals surface area (Å²) in [6, 6.07) is 6.03. The number of aromatic nitrogens is 4. The van der Waals surface area contributed by atoms with Crippen LogP contribution < -0.4 is 10.1 Å². The lowest BCUT2D eigenvalue weighted by Crippen LogP contribution is -2.13. The summed E-state index contributed by atoms with van der Waals surface area (Å²) in [5.74, 6) is 0.400. The van der Waals surface area contributed by atoms with Crippen molar-refractivity contribution in [2.24, 2.45) is 0 Å². The standard InChI is InChI=1S/C13H16ClN5O/c1-9(2)20-13-18-11(14)17-12(19-13)16-8-6-10-5-3-4-7-15-10/h3-5,7,9H,6,8H2,1-2H3,(H,16,17,18,19). The number of anilines is 1. The molecule has 6 nitrogen and oxygen atoms in total. The molecule has 0 saturated heterocycles. The first-order valence-electron chi connectivity index (χ1n) is 6.35. The van der Waals surface area contributed by atoms with Gasteiger partial charge in [0.05, 0.1) is 6.10 Å². The van der Waals surface area contributed by atoms with Crippen LogP contribution in [-0.4, -0.2) is 32.6 Å². The summed E-state index contributed by atoms with van der Waals surface area (Å²) in [4.78, 5) is 16.3. The summed E-state index contributed by atoms with van der Waals surface area (Å²) in [6.07, 6.45) is 2.52. The fraction of sp³-hybridized carbons (Fsp3) is 0.385. The zero-order valence-corrected chi connectivity index (χ0v) is 12.1. The maximum Gasteiger partial charge on any atom is 0.322 e. The molecule has 0 atom stereocenters. The second-order valence-corrected chi connectivity index (χ2v) is 4.71. The Hall–Kier alpha value is -1.95. The van der Waals surface area contributed by atoms with Crippen molar-refractivity contribution in [2.45, 2.75) is 26.4 Å². The number of halogens is 1. The van der Waals surface area contributed by atoms with Crippen LogP contribution in [0.25, 0.3) is 0 Å². The average molecular weight is 294 g/mol. The minimum absolute atomic E-state index is 0.0187. The highest BCUT2D eigenvalue weighted by atomic mass is 35.5. The molecule has 0 aliphatic rings. The summed E-state index contributed by atoms with van der Waals surface area (Å²) in [7, 11) is 0. The highest BCUT2D eigenvalue weighted by Crippen LogP contribution is 2.12. The lowest BCUT2D eigenvalue weighted by atomic mass is 10.3. The van der Waals surface area contributed by atoms with Crippen LogP contribution in [0.4, 0.5) is 5.95 Å². The third kappa shape index (κ3) is 4.62. The molecule has 0 radical (unpaired) electrons. The van der Waals surface area contributed by atoms with E-state index in [1.165, 1.54) is 0 Å². The van der Waals surface area contributed by atoms with Crippen molar-refractivity contribution in [1.29, 1.82) is 0 Å². The number of rotatable bonds is 6. The first kappa shape index (κ1) is 14.5. The molecule has 2 rings (SSSR count). The molecular formula is C13H16ClN5O. The van der Waals surface area contributed by atoms with E-state index in [1.807, 2.05) is 32.0 Å². The van der Waals surface area contributed by atoms with Crippen LogP contribution in [0.2, 0.25) is 5.28 Å². The molecule has 0 saturated carbocycles. The molecule has 20 heavy (non-hydrogen) atoms. The van der Waals surface area contributed by atoms with E-state index in [9.17, 15) is 0 Å². The van der Waals surface area contributed by atoms with Crippen molar-refractivity contribution in [3.63, 3.8) is 0 Å². The van der Waals surface area contributed by atoms with Crippen molar-refractivity contribution in [2.75, 3.05) is 11.9 Å². The van der Waals surface area contributed by atoms with Crippen molar-refractivity contribution >= 4 is 17.5 Å². The second-order valence-electron chi connectivity index (χ2n) is 4.38. The van der Waals surface area contributed by atoms with E-state index in [-0.39, 0.29) is 17.4 Å². The molecule has 2 aromatic heterocycles. The maximum atomic E-state index is 5.83. The summed E-state index contributed by atoms with van der Waals surface area (Å²) >= 11 is 5.83. The fourth-order valence-electron chi connectivity index (χ4n) is 1.52. The van der Waals surface area contributed by atoms with E-state index < -0.39 is 0 Å². The largest absolute Gasteiger partial charge is 0.461 e. The Bertz CT molecular complexity index is 550. The van der Waals surface area contributed by atoms with Gasteiger partial charge >= 0.3 is 6.01 Å². The van der Waals surface area contributed by atoms with Gasteiger partial charge in [0.15, 0.2) is 0 Å². The number of ether oxygens (including phenoxy) is 1. The van der Waals surface area contributed by atoms with Crippen LogP contribution in [0.1, 0.15) is 19.5 Å². The predicted octanol–water partition coefficient (Wildman–Crippen LogP) is 2.36. The first-order chi connectivity index (χ1) is 9.63. The van der Waals surface area contributed by atoms with Gasteiger partial charge in [-0.05, 0) is 37.6 Å². The van der Waals surface area contributed by atoms with Gasteiger partial charge in [0.25, 0.3) is 0 Å². The molecule has 2 aromatic rings. The molecule has 0 aliphatic carbocycles. The van der Waals surface area contributed by atoms with Crippen molar-refractivity contribution < 1.29 is 4.74 Å². The van der Waals surface area contributed by atoms with E-state index >= 15 is 0 Å². The van der Waals surface area contributed by atoms with Crippen LogP contribution in [-0.2, 0) is 6.42 Å². The lowest BCUT2D eigenvalue weighted by molar-refractivity contribution is 0.222. The van der Waals surface area contributed by atoms with Gasteiger partial charge in [-0.15, -0.1) is 0 Å². The zero-order valence-electron chi connectivity index (χ0n) is 11.4. The Kier molecular flexibility index (Phi) is 5.06. The Labute approximate surface area is 122 Å². The Morgan fingerprint density at radius 2 is 2.10 bits per heavy atom. The molecule has 7 heteroatoms. The second kappa shape index (κ2) is 7.00.